The van der Waals surface area contributed by atoms with Crippen LogP contribution in [0.2, 0.25) is 10.0 Å². The van der Waals surface area contributed by atoms with Gasteiger partial charge in [-0.1, -0.05) is 79.6 Å². The highest BCUT2D eigenvalue weighted by molar-refractivity contribution is 6.31. The van der Waals surface area contributed by atoms with E-state index in [1.54, 1.807) is 30.3 Å². The fourth-order valence-electron chi connectivity index (χ4n) is 6.20. The molecule has 1 aliphatic carbocycles. The quantitative estimate of drug-likeness (QED) is 0.370. The van der Waals surface area contributed by atoms with Gasteiger partial charge in [0.2, 0.25) is 5.91 Å². The van der Waals surface area contributed by atoms with Crippen LogP contribution in [-0.2, 0) is 19.7 Å². The van der Waals surface area contributed by atoms with Crippen molar-refractivity contribution in [2.24, 2.45) is 11.7 Å². The minimum Gasteiger partial charge on any atom is -0.462 e. The molecule has 1 heterocycles. The molecule has 4 N–H and O–H groups in total. The predicted molar refractivity (Wildman–Crippen MR) is 146 cm³/mol. The topological polar surface area (TPSA) is 125 Å². The van der Waals surface area contributed by atoms with E-state index in [1.165, 1.54) is 12.1 Å². The maximum absolute atomic E-state index is 15.7. The number of aliphatic hydroxyl groups is 1. The summed E-state index contributed by atoms with van der Waals surface area (Å²) < 4.78 is 21.1. The minimum atomic E-state index is -1.37. The SMILES string of the molecule is N#C[C@]1(c2ccc(Cl)cc2)[C@H](CC2CCCCC2)N[C@H](C(=O)OC[C@@H](O)CC(N)=O)[C@@H]1c1cccc(Cl)c1F. The molecule has 2 aliphatic rings. The molecule has 4 rings (SSSR count). The van der Waals surface area contributed by atoms with Crippen molar-refractivity contribution in [1.29, 1.82) is 5.26 Å². The number of aliphatic hydroxyl groups excluding tert-OH is 1. The molecule has 0 spiro atoms. The van der Waals surface area contributed by atoms with Crippen molar-refractivity contribution >= 4 is 35.1 Å². The molecule has 0 unspecified atom stereocenters. The lowest BCUT2D eigenvalue weighted by atomic mass is 9.63. The van der Waals surface area contributed by atoms with Crippen LogP contribution in [0.25, 0.3) is 0 Å². The Hall–Kier alpha value is -2.70. The molecule has 208 valence electrons. The molecule has 0 radical (unpaired) electrons. The number of esters is 1. The number of benzene rings is 2. The Labute approximate surface area is 237 Å². The van der Waals surface area contributed by atoms with Gasteiger partial charge in [0.25, 0.3) is 0 Å². The van der Waals surface area contributed by atoms with Gasteiger partial charge in [0.15, 0.2) is 0 Å². The van der Waals surface area contributed by atoms with Gasteiger partial charge < -0.3 is 15.6 Å². The molecule has 10 heteroatoms. The van der Waals surface area contributed by atoms with Crippen LogP contribution in [0.5, 0.6) is 0 Å². The van der Waals surface area contributed by atoms with Gasteiger partial charge in [0, 0.05) is 17.0 Å². The van der Waals surface area contributed by atoms with Crippen LogP contribution in [0.4, 0.5) is 4.39 Å². The fraction of sp³-hybridized carbons (Fsp3) is 0.483. The van der Waals surface area contributed by atoms with Crippen LogP contribution >= 0.6 is 23.2 Å². The summed E-state index contributed by atoms with van der Waals surface area (Å²) in [6.45, 7) is -0.474. The third kappa shape index (κ3) is 6.22. The highest BCUT2D eigenvalue weighted by atomic mass is 35.5. The Bertz CT molecular complexity index is 1230. The average molecular weight is 576 g/mol. The van der Waals surface area contributed by atoms with Crippen molar-refractivity contribution in [2.75, 3.05) is 6.61 Å². The smallest absolute Gasteiger partial charge is 0.323 e. The van der Waals surface area contributed by atoms with Crippen LogP contribution in [-0.4, -0.2) is 41.8 Å². The molecular formula is C29H32Cl2FN3O4. The first kappa shape index (κ1) is 29.3. The van der Waals surface area contributed by atoms with Crippen LogP contribution in [0, 0.1) is 23.1 Å². The van der Waals surface area contributed by atoms with E-state index in [2.05, 4.69) is 11.4 Å². The van der Waals surface area contributed by atoms with Gasteiger partial charge in [-0.05, 0) is 41.7 Å². The number of halogens is 3. The number of nitrogens with one attached hydrogen (secondary N) is 1. The Morgan fingerprint density at radius 3 is 2.51 bits per heavy atom. The lowest BCUT2D eigenvalue weighted by molar-refractivity contribution is -0.150. The third-order valence-corrected chi connectivity index (χ3v) is 8.52. The lowest BCUT2D eigenvalue weighted by Gasteiger charge is -2.37. The number of nitrogens with zero attached hydrogens (tertiary/aromatic N) is 1. The lowest BCUT2D eigenvalue weighted by Crippen LogP contribution is -2.43. The predicted octanol–water partition coefficient (Wildman–Crippen LogP) is 4.77. The van der Waals surface area contributed by atoms with Gasteiger partial charge in [0.1, 0.15) is 23.9 Å². The number of hydrogen-bond donors (Lipinski definition) is 3. The molecule has 1 saturated heterocycles. The average Bonchev–Trinajstić information content (AvgIpc) is 3.24. The summed E-state index contributed by atoms with van der Waals surface area (Å²) in [4.78, 5) is 24.7. The van der Waals surface area contributed by atoms with Crippen molar-refractivity contribution < 1.29 is 23.8 Å². The maximum Gasteiger partial charge on any atom is 0.323 e. The molecular weight excluding hydrogens is 544 g/mol. The summed E-state index contributed by atoms with van der Waals surface area (Å²) in [5, 5.41) is 24.7. The van der Waals surface area contributed by atoms with Gasteiger partial charge in [-0.3, -0.25) is 14.9 Å². The Kier molecular flexibility index (Phi) is 9.50. The van der Waals surface area contributed by atoms with Crippen molar-refractivity contribution in [1.82, 2.24) is 5.32 Å². The van der Waals surface area contributed by atoms with E-state index in [0.717, 1.165) is 32.1 Å². The number of rotatable bonds is 9. The largest absolute Gasteiger partial charge is 0.462 e. The number of nitriles is 1. The van der Waals surface area contributed by atoms with E-state index in [9.17, 15) is 20.0 Å². The van der Waals surface area contributed by atoms with Crippen molar-refractivity contribution in [2.45, 2.75) is 74.5 Å². The second-order valence-electron chi connectivity index (χ2n) is 10.5. The zero-order valence-corrected chi connectivity index (χ0v) is 22.9. The minimum absolute atomic E-state index is 0.109. The van der Waals surface area contributed by atoms with Crippen LogP contribution in [0.3, 0.4) is 0 Å². The van der Waals surface area contributed by atoms with E-state index in [0.29, 0.717) is 22.9 Å². The normalized spacial score (nSPS) is 26.1. The highest BCUT2D eigenvalue weighted by Gasteiger charge is 2.60. The third-order valence-electron chi connectivity index (χ3n) is 7.98. The summed E-state index contributed by atoms with van der Waals surface area (Å²) in [5.74, 6) is -2.92. The summed E-state index contributed by atoms with van der Waals surface area (Å²) in [6, 6.07) is 12.2. The Morgan fingerprint density at radius 2 is 1.87 bits per heavy atom. The molecule has 1 aliphatic heterocycles. The standard InChI is InChI=1S/C29H32Cl2FN3O4/c30-19-11-9-18(10-12-19)29(16-33)23(13-17-5-2-1-3-6-17)35-27(28(38)39-15-20(36)14-24(34)37)25(29)21-7-4-8-22(31)26(21)32/h4,7-12,17,20,23,25,27,35-36H,1-3,5-6,13-15H2,(H2,34,37)/t20-,23-,25-,27-,29-/m0/s1. The second kappa shape index (κ2) is 12.6. The molecule has 2 aromatic carbocycles. The summed E-state index contributed by atoms with van der Waals surface area (Å²) in [5.41, 5.74) is 4.47. The van der Waals surface area contributed by atoms with E-state index in [1.807, 2.05) is 0 Å². The molecule has 2 fully saturated rings. The van der Waals surface area contributed by atoms with Crippen LogP contribution in [0.1, 0.15) is 62.0 Å². The Morgan fingerprint density at radius 1 is 1.18 bits per heavy atom. The molecule has 0 aromatic heterocycles. The molecule has 1 saturated carbocycles. The first-order chi connectivity index (χ1) is 18.7. The van der Waals surface area contributed by atoms with E-state index >= 15 is 4.39 Å². The number of carbonyl (C=O) groups excluding carboxylic acids is 2. The van der Waals surface area contributed by atoms with Crippen molar-refractivity contribution in [3.05, 3.63) is 69.5 Å². The summed E-state index contributed by atoms with van der Waals surface area (Å²) >= 11 is 12.4. The molecule has 7 nitrogen and oxygen atoms in total. The van der Waals surface area contributed by atoms with Crippen LogP contribution < -0.4 is 11.1 Å². The van der Waals surface area contributed by atoms with E-state index in [-0.39, 0.29) is 17.0 Å². The first-order valence-electron chi connectivity index (χ1n) is 13.2. The molecule has 0 bridgehead atoms. The second-order valence-corrected chi connectivity index (χ2v) is 11.3. The highest BCUT2D eigenvalue weighted by Crippen LogP contribution is 2.52. The number of primary amides is 1. The molecule has 2 aromatic rings. The van der Waals surface area contributed by atoms with Gasteiger partial charge in [-0.2, -0.15) is 5.26 Å². The number of hydrogen-bond acceptors (Lipinski definition) is 6. The summed E-state index contributed by atoms with van der Waals surface area (Å²) in [6.07, 6.45) is 4.28. The number of carbonyl (C=O) groups is 2. The van der Waals surface area contributed by atoms with Gasteiger partial charge in [0.05, 0.1) is 23.6 Å². The van der Waals surface area contributed by atoms with Gasteiger partial charge in [-0.25, -0.2) is 4.39 Å². The van der Waals surface area contributed by atoms with Crippen molar-refractivity contribution in [3.63, 3.8) is 0 Å². The number of ether oxygens (including phenoxy) is 1. The molecule has 5 atom stereocenters. The number of nitrogens with two attached hydrogens (primary N) is 1. The fourth-order valence-corrected chi connectivity index (χ4v) is 6.51. The number of amides is 1. The van der Waals surface area contributed by atoms with Gasteiger partial charge >= 0.3 is 5.97 Å². The van der Waals surface area contributed by atoms with E-state index < -0.39 is 53.8 Å². The van der Waals surface area contributed by atoms with E-state index in [4.69, 9.17) is 33.7 Å². The maximum atomic E-state index is 15.7. The zero-order valence-electron chi connectivity index (χ0n) is 21.4. The zero-order chi connectivity index (χ0) is 28.2. The molecule has 1 amide bonds. The van der Waals surface area contributed by atoms with Crippen LogP contribution in [0.15, 0.2) is 42.5 Å². The summed E-state index contributed by atoms with van der Waals surface area (Å²) in [7, 11) is 0. The van der Waals surface area contributed by atoms with Gasteiger partial charge in [-0.15, -0.1) is 0 Å². The Balaban J connectivity index is 1.81. The van der Waals surface area contributed by atoms with Crippen molar-refractivity contribution in [3.8, 4) is 6.07 Å². The monoisotopic (exact) mass is 575 g/mol. The first-order valence-corrected chi connectivity index (χ1v) is 13.9. The molecule has 39 heavy (non-hydrogen) atoms.